The van der Waals surface area contributed by atoms with Gasteiger partial charge in [0.1, 0.15) is 12.7 Å². The molecule has 7 heteroatoms. The van der Waals surface area contributed by atoms with Gasteiger partial charge in [-0.1, -0.05) is 23.7 Å². The Kier molecular flexibility index (Phi) is 6.61. The lowest BCUT2D eigenvalue weighted by molar-refractivity contribution is -0.0440. The molecule has 1 aromatic carbocycles. The summed E-state index contributed by atoms with van der Waals surface area (Å²) in [7, 11) is 0. The third-order valence-corrected chi connectivity index (χ3v) is 3.26. The van der Waals surface area contributed by atoms with E-state index >= 15 is 0 Å². The number of para-hydroxylation sites is 2. The minimum atomic E-state index is -0.432. The zero-order valence-electron chi connectivity index (χ0n) is 12.5. The monoisotopic (exact) mass is 329 g/mol. The minimum absolute atomic E-state index is 0.154. The quantitative estimate of drug-likeness (QED) is 0.750. The fourth-order valence-corrected chi connectivity index (χ4v) is 2.24. The van der Waals surface area contributed by atoms with E-state index in [0.29, 0.717) is 44.4 Å². The zero-order chi connectivity index (χ0) is 15.8. The molecule has 0 aliphatic carbocycles. The molecule has 2 rings (SSSR count). The molecule has 0 saturated carbocycles. The predicted molar refractivity (Wildman–Crippen MR) is 81.6 cm³/mol. The van der Waals surface area contributed by atoms with Gasteiger partial charge in [0.2, 0.25) is 0 Å². The first-order chi connectivity index (χ1) is 10.7. The van der Waals surface area contributed by atoms with E-state index < -0.39 is 6.09 Å². The lowest BCUT2D eigenvalue weighted by atomic mass is 10.3. The summed E-state index contributed by atoms with van der Waals surface area (Å²) in [5.41, 5.74) is 0. The van der Waals surface area contributed by atoms with Gasteiger partial charge in [0.25, 0.3) is 0 Å². The highest BCUT2D eigenvalue weighted by Crippen LogP contribution is 2.26. The number of rotatable bonds is 6. The van der Waals surface area contributed by atoms with E-state index in [4.69, 9.17) is 30.5 Å². The van der Waals surface area contributed by atoms with Crippen LogP contribution in [-0.2, 0) is 9.47 Å². The van der Waals surface area contributed by atoms with Gasteiger partial charge in [-0.05, 0) is 19.1 Å². The molecule has 0 bridgehead atoms. The fraction of sp³-hybridized carbons (Fsp3) is 0.533. The number of morpholine rings is 1. The molecule has 22 heavy (non-hydrogen) atoms. The van der Waals surface area contributed by atoms with Gasteiger partial charge < -0.3 is 23.8 Å². The molecule has 1 aromatic rings. The molecule has 0 aromatic heterocycles. The van der Waals surface area contributed by atoms with Crippen molar-refractivity contribution in [3.05, 3.63) is 24.3 Å². The number of hydrogen-bond donors (Lipinski definition) is 0. The number of halogens is 1. The largest absolute Gasteiger partial charge is 0.490 e. The number of ether oxygens (including phenoxy) is 4. The molecule has 1 fully saturated rings. The predicted octanol–water partition coefficient (Wildman–Crippen LogP) is 2.50. The van der Waals surface area contributed by atoms with Gasteiger partial charge in [-0.25, -0.2) is 4.79 Å². The first-order valence-electron chi connectivity index (χ1n) is 7.18. The Morgan fingerprint density at radius 1 is 1.36 bits per heavy atom. The molecule has 6 nitrogen and oxygen atoms in total. The van der Waals surface area contributed by atoms with Crippen molar-refractivity contribution in [2.45, 2.75) is 13.0 Å². The van der Waals surface area contributed by atoms with Crippen molar-refractivity contribution >= 4 is 17.7 Å². The molecular weight excluding hydrogens is 310 g/mol. The van der Waals surface area contributed by atoms with Crippen molar-refractivity contribution < 1.29 is 23.7 Å². The van der Waals surface area contributed by atoms with Gasteiger partial charge in [-0.15, -0.1) is 0 Å². The second-order valence-corrected chi connectivity index (χ2v) is 4.87. The second kappa shape index (κ2) is 8.70. The topological polar surface area (TPSA) is 57.2 Å². The molecule has 1 aliphatic heterocycles. The Bertz CT molecular complexity index is 485. The summed E-state index contributed by atoms with van der Waals surface area (Å²) in [6.07, 6.45) is -0.649. The molecule has 1 unspecified atom stereocenters. The maximum absolute atomic E-state index is 11.7. The van der Waals surface area contributed by atoms with Crippen LogP contribution in [0, 0.1) is 0 Å². The molecule has 0 N–H and O–H groups in total. The van der Waals surface area contributed by atoms with Gasteiger partial charge in [0, 0.05) is 6.54 Å². The van der Waals surface area contributed by atoms with E-state index in [2.05, 4.69) is 0 Å². The van der Waals surface area contributed by atoms with E-state index in [1.165, 1.54) is 0 Å². The maximum atomic E-state index is 11.7. The summed E-state index contributed by atoms with van der Waals surface area (Å²) in [4.78, 5) is 13.2. The fourth-order valence-electron chi connectivity index (χ4n) is 2.15. The average molecular weight is 330 g/mol. The van der Waals surface area contributed by atoms with Crippen LogP contribution in [0.2, 0.25) is 0 Å². The molecule has 0 spiro atoms. The van der Waals surface area contributed by atoms with Crippen molar-refractivity contribution in [2.75, 3.05) is 39.0 Å². The highest BCUT2D eigenvalue weighted by atomic mass is 35.5. The highest BCUT2D eigenvalue weighted by Gasteiger charge is 2.25. The van der Waals surface area contributed by atoms with Crippen LogP contribution in [0.5, 0.6) is 11.5 Å². The smallest absolute Gasteiger partial charge is 0.411 e. The Morgan fingerprint density at radius 2 is 2.09 bits per heavy atom. The van der Waals surface area contributed by atoms with Gasteiger partial charge in [-0.3, -0.25) is 0 Å². The van der Waals surface area contributed by atoms with Crippen LogP contribution in [-0.4, -0.2) is 56.1 Å². The third-order valence-electron chi connectivity index (χ3n) is 3.15. The Hall–Kier alpha value is -1.66. The number of alkyl halides is 1. The van der Waals surface area contributed by atoms with E-state index in [-0.39, 0.29) is 12.2 Å². The molecule has 1 saturated heterocycles. The summed E-state index contributed by atoms with van der Waals surface area (Å²) < 4.78 is 21.7. The van der Waals surface area contributed by atoms with Crippen LogP contribution < -0.4 is 9.47 Å². The van der Waals surface area contributed by atoms with Crippen LogP contribution in [0.25, 0.3) is 0 Å². The Labute approximate surface area is 134 Å². The van der Waals surface area contributed by atoms with Crippen LogP contribution in [0.1, 0.15) is 6.92 Å². The molecule has 1 amide bonds. The minimum Gasteiger partial charge on any atom is -0.490 e. The van der Waals surface area contributed by atoms with Crippen molar-refractivity contribution in [3.8, 4) is 11.5 Å². The van der Waals surface area contributed by atoms with E-state index in [1.54, 1.807) is 4.90 Å². The van der Waals surface area contributed by atoms with Crippen molar-refractivity contribution in [1.82, 2.24) is 4.90 Å². The van der Waals surface area contributed by atoms with Crippen molar-refractivity contribution in [1.29, 1.82) is 0 Å². The number of carbonyl (C=O) groups excluding carboxylic acids is 1. The number of carbonyl (C=O) groups is 1. The maximum Gasteiger partial charge on any atom is 0.411 e. The lowest BCUT2D eigenvalue weighted by Gasteiger charge is -2.31. The summed E-state index contributed by atoms with van der Waals surface area (Å²) >= 11 is 5.40. The SMILES string of the molecule is CCOc1ccccc1OCC1CN(C(=O)OCCl)CCO1. The molecule has 122 valence electrons. The summed E-state index contributed by atoms with van der Waals surface area (Å²) in [6.45, 7) is 4.15. The first kappa shape index (κ1) is 16.7. The first-order valence-corrected chi connectivity index (χ1v) is 7.72. The third kappa shape index (κ3) is 4.68. The Balaban J connectivity index is 1.87. The molecule has 1 atom stereocenters. The number of nitrogens with zero attached hydrogens (tertiary/aromatic N) is 1. The van der Waals surface area contributed by atoms with Crippen molar-refractivity contribution in [3.63, 3.8) is 0 Å². The van der Waals surface area contributed by atoms with E-state index in [1.807, 2.05) is 31.2 Å². The molecule has 1 aliphatic rings. The van der Waals surface area contributed by atoms with Crippen LogP contribution in [0.3, 0.4) is 0 Å². The normalized spacial score (nSPS) is 17.9. The van der Waals surface area contributed by atoms with Crippen molar-refractivity contribution in [2.24, 2.45) is 0 Å². The summed E-state index contributed by atoms with van der Waals surface area (Å²) in [5, 5.41) is 0. The summed E-state index contributed by atoms with van der Waals surface area (Å²) in [6, 6.07) is 7.31. The van der Waals surface area contributed by atoms with Crippen LogP contribution in [0.15, 0.2) is 24.3 Å². The lowest BCUT2D eigenvalue weighted by Crippen LogP contribution is -2.47. The number of hydrogen-bond acceptors (Lipinski definition) is 5. The number of benzene rings is 1. The molecular formula is C15H20ClNO5. The van der Waals surface area contributed by atoms with E-state index in [9.17, 15) is 4.79 Å². The van der Waals surface area contributed by atoms with Gasteiger partial charge in [-0.2, -0.15) is 0 Å². The van der Waals surface area contributed by atoms with E-state index in [0.717, 1.165) is 0 Å². The van der Waals surface area contributed by atoms with Gasteiger partial charge >= 0.3 is 6.09 Å². The molecule has 0 radical (unpaired) electrons. The van der Waals surface area contributed by atoms with Crippen LogP contribution >= 0.6 is 11.6 Å². The standard InChI is InChI=1S/C15H20ClNO5/c1-2-19-13-5-3-4-6-14(13)21-10-12-9-17(7-8-20-12)15(18)22-11-16/h3-6,12H,2,7-11H2,1H3. The van der Waals surface area contributed by atoms with Gasteiger partial charge in [0.05, 0.1) is 19.8 Å². The average Bonchev–Trinajstić information content (AvgIpc) is 2.55. The molecule has 1 heterocycles. The second-order valence-electron chi connectivity index (χ2n) is 4.65. The zero-order valence-corrected chi connectivity index (χ0v) is 13.3. The van der Waals surface area contributed by atoms with Crippen LogP contribution in [0.4, 0.5) is 4.79 Å². The number of amides is 1. The summed E-state index contributed by atoms with van der Waals surface area (Å²) in [5.74, 6) is 1.35. The van der Waals surface area contributed by atoms with Gasteiger partial charge in [0.15, 0.2) is 17.6 Å². The highest BCUT2D eigenvalue weighted by molar-refractivity contribution is 6.17. The Morgan fingerprint density at radius 3 is 2.77 bits per heavy atom.